The minimum absolute atomic E-state index is 0.00398. The molecule has 0 atom stereocenters. The van der Waals surface area contributed by atoms with Crippen LogP contribution in [0.15, 0.2) is 30.2 Å². The first-order chi connectivity index (χ1) is 8.22. The number of carbonyl (C=O) groups excluding carboxylic acids is 1. The summed E-state index contributed by atoms with van der Waals surface area (Å²) >= 11 is 1.44. The van der Waals surface area contributed by atoms with Crippen molar-refractivity contribution in [2.45, 2.75) is 32.4 Å². The molecule has 0 aromatic carbocycles. The average Bonchev–Trinajstić information content (AvgIpc) is 2.97. The van der Waals surface area contributed by atoms with Crippen LogP contribution in [0.2, 0.25) is 0 Å². The van der Waals surface area contributed by atoms with Gasteiger partial charge in [0.1, 0.15) is 0 Å². The van der Waals surface area contributed by atoms with E-state index in [1.54, 1.807) is 0 Å². The summed E-state index contributed by atoms with van der Waals surface area (Å²) < 4.78 is 4.24. The second-order valence-electron chi connectivity index (χ2n) is 4.19. The Balaban J connectivity index is 2.13. The molecule has 17 heavy (non-hydrogen) atoms. The van der Waals surface area contributed by atoms with Crippen LogP contribution in [0.5, 0.6) is 0 Å². The van der Waals surface area contributed by atoms with Gasteiger partial charge in [-0.2, -0.15) is 4.37 Å². The number of nitrogens with zero attached hydrogens (tertiary/aromatic N) is 2. The van der Waals surface area contributed by atoms with E-state index in [1.165, 1.54) is 17.6 Å². The molecule has 0 saturated heterocycles. The molecule has 1 aliphatic rings. The zero-order chi connectivity index (χ0) is 12.3. The predicted octanol–water partition coefficient (Wildman–Crippen LogP) is 2.68. The first kappa shape index (κ1) is 12.0. The Kier molecular flexibility index (Phi) is 3.74. The van der Waals surface area contributed by atoms with Crippen molar-refractivity contribution in [3.8, 4) is 0 Å². The van der Waals surface area contributed by atoms with E-state index in [9.17, 15) is 4.79 Å². The average molecular weight is 248 g/mol. The minimum atomic E-state index is 0.00398. The van der Waals surface area contributed by atoms with E-state index in [4.69, 9.17) is 0 Å². The van der Waals surface area contributed by atoms with Gasteiger partial charge in [0, 0.05) is 23.5 Å². The Morgan fingerprint density at radius 1 is 1.65 bits per heavy atom. The number of hydrogen-bond acceptors (Lipinski definition) is 3. The molecule has 2 rings (SSSR count). The van der Waals surface area contributed by atoms with Gasteiger partial charge in [0.15, 0.2) is 0 Å². The van der Waals surface area contributed by atoms with Crippen LogP contribution in [0.4, 0.5) is 0 Å². The van der Waals surface area contributed by atoms with Crippen LogP contribution >= 0.6 is 11.5 Å². The molecule has 1 aromatic heterocycles. The molecule has 1 aromatic rings. The maximum atomic E-state index is 11.9. The molecule has 0 fully saturated rings. The third-order valence-electron chi connectivity index (χ3n) is 3.07. The van der Waals surface area contributed by atoms with Crippen molar-refractivity contribution in [1.82, 2.24) is 9.27 Å². The largest absolute Gasteiger partial charge is 0.331 e. The molecular formula is C13H16N2OS. The molecule has 0 aliphatic heterocycles. The molecule has 0 N–H and O–H groups in total. The Bertz CT molecular complexity index is 442. The van der Waals surface area contributed by atoms with Crippen molar-refractivity contribution in [3.05, 3.63) is 41.4 Å². The zero-order valence-electron chi connectivity index (χ0n) is 9.93. The summed E-state index contributed by atoms with van der Waals surface area (Å²) in [7, 11) is 0. The van der Waals surface area contributed by atoms with Gasteiger partial charge >= 0.3 is 0 Å². The topological polar surface area (TPSA) is 33.2 Å². The first-order valence-corrected chi connectivity index (χ1v) is 6.54. The molecule has 0 radical (unpaired) electrons. The number of carbonyl (C=O) groups is 1. The highest BCUT2D eigenvalue weighted by atomic mass is 32.1. The molecular weight excluding hydrogens is 232 g/mol. The van der Waals surface area contributed by atoms with E-state index >= 15 is 0 Å². The lowest BCUT2D eigenvalue weighted by Crippen LogP contribution is -2.37. The van der Waals surface area contributed by atoms with Crippen LogP contribution in [0, 0.1) is 6.92 Å². The van der Waals surface area contributed by atoms with Crippen molar-refractivity contribution >= 4 is 17.4 Å². The van der Waals surface area contributed by atoms with Gasteiger partial charge in [-0.3, -0.25) is 4.79 Å². The Hall–Kier alpha value is -1.42. The smallest absolute Gasteiger partial charge is 0.246 e. The Labute approximate surface area is 106 Å². The van der Waals surface area contributed by atoms with Crippen molar-refractivity contribution < 1.29 is 4.79 Å². The van der Waals surface area contributed by atoms with Crippen LogP contribution in [0.1, 0.15) is 24.1 Å². The highest BCUT2D eigenvalue weighted by molar-refractivity contribution is 7.03. The summed E-state index contributed by atoms with van der Waals surface area (Å²) in [5, 5.41) is 2.01. The highest BCUT2D eigenvalue weighted by Crippen LogP contribution is 2.21. The van der Waals surface area contributed by atoms with Crippen molar-refractivity contribution in [1.29, 1.82) is 0 Å². The molecule has 3 nitrogen and oxygen atoms in total. The normalized spacial score (nSPS) is 15.1. The van der Waals surface area contributed by atoms with Crippen molar-refractivity contribution in [3.63, 3.8) is 0 Å². The van der Waals surface area contributed by atoms with Gasteiger partial charge in [0.05, 0.1) is 5.69 Å². The van der Waals surface area contributed by atoms with E-state index in [1.807, 2.05) is 17.2 Å². The third-order valence-corrected chi connectivity index (χ3v) is 3.84. The third kappa shape index (κ3) is 2.64. The fourth-order valence-corrected chi connectivity index (χ4v) is 2.71. The quantitative estimate of drug-likeness (QED) is 0.606. The molecule has 1 aliphatic carbocycles. The van der Waals surface area contributed by atoms with Crippen LogP contribution in [0.3, 0.4) is 0 Å². The zero-order valence-corrected chi connectivity index (χ0v) is 10.7. The predicted molar refractivity (Wildman–Crippen MR) is 69.8 cm³/mol. The number of rotatable bonds is 4. The molecule has 0 unspecified atom stereocenters. The van der Waals surface area contributed by atoms with Gasteiger partial charge in [-0.05, 0) is 37.4 Å². The monoisotopic (exact) mass is 248 g/mol. The van der Waals surface area contributed by atoms with Crippen LogP contribution in [0.25, 0.3) is 0 Å². The second kappa shape index (κ2) is 5.27. The number of aromatic nitrogens is 1. The Morgan fingerprint density at radius 2 is 2.35 bits per heavy atom. The molecule has 90 valence electrons. The van der Waals surface area contributed by atoms with Crippen LogP contribution < -0.4 is 0 Å². The number of aryl methyl sites for hydroxylation is 1. The number of hydrogen-bond donors (Lipinski definition) is 0. The summed E-state index contributed by atoms with van der Waals surface area (Å²) in [5.41, 5.74) is 2.15. The van der Waals surface area contributed by atoms with Gasteiger partial charge in [-0.15, -0.1) is 0 Å². The second-order valence-corrected chi connectivity index (χ2v) is 4.82. The summed E-state index contributed by atoms with van der Waals surface area (Å²) in [6.45, 7) is 6.20. The van der Waals surface area contributed by atoms with Crippen LogP contribution in [-0.4, -0.2) is 21.2 Å². The standard InChI is InChI=1S/C13H16N2OS/c1-3-13(16)15(12-6-4-5-7-12)8-11-9-17-14-10(11)2/h3-5,9,12H,1,6-8H2,2H3. The van der Waals surface area contributed by atoms with E-state index < -0.39 is 0 Å². The van der Waals surface area contributed by atoms with Crippen molar-refractivity contribution in [2.75, 3.05) is 0 Å². The summed E-state index contributed by atoms with van der Waals surface area (Å²) in [5.74, 6) is 0.00398. The molecule has 1 heterocycles. The van der Waals surface area contributed by atoms with E-state index in [2.05, 4.69) is 23.1 Å². The van der Waals surface area contributed by atoms with Gasteiger partial charge in [-0.1, -0.05) is 18.7 Å². The summed E-state index contributed by atoms with van der Waals surface area (Å²) in [6.07, 6.45) is 7.54. The molecule has 4 heteroatoms. The van der Waals surface area contributed by atoms with Crippen molar-refractivity contribution in [2.24, 2.45) is 0 Å². The van der Waals surface area contributed by atoms with Gasteiger partial charge in [-0.25, -0.2) is 0 Å². The minimum Gasteiger partial charge on any atom is -0.331 e. The maximum absolute atomic E-state index is 11.9. The molecule has 0 saturated carbocycles. The lowest BCUT2D eigenvalue weighted by molar-refractivity contribution is -0.128. The summed E-state index contributed by atoms with van der Waals surface area (Å²) in [4.78, 5) is 13.8. The van der Waals surface area contributed by atoms with Gasteiger partial charge in [0.25, 0.3) is 0 Å². The molecule has 0 spiro atoms. The summed E-state index contributed by atoms with van der Waals surface area (Å²) in [6, 6.07) is 0.278. The number of amides is 1. The van der Waals surface area contributed by atoms with E-state index in [0.29, 0.717) is 6.54 Å². The molecule has 0 bridgehead atoms. The van der Waals surface area contributed by atoms with E-state index in [0.717, 1.165) is 24.1 Å². The van der Waals surface area contributed by atoms with E-state index in [-0.39, 0.29) is 11.9 Å². The maximum Gasteiger partial charge on any atom is 0.246 e. The fourth-order valence-electron chi connectivity index (χ4n) is 2.01. The lowest BCUT2D eigenvalue weighted by atomic mass is 10.1. The Morgan fingerprint density at radius 3 is 2.88 bits per heavy atom. The fraction of sp³-hybridized carbons (Fsp3) is 0.385. The molecule has 1 amide bonds. The lowest BCUT2D eigenvalue weighted by Gasteiger charge is -2.27. The SMILES string of the molecule is C=CC(=O)N(Cc1csnc1C)C1CC=CC1. The first-order valence-electron chi connectivity index (χ1n) is 5.70. The highest BCUT2D eigenvalue weighted by Gasteiger charge is 2.23. The van der Waals surface area contributed by atoms with Gasteiger partial charge < -0.3 is 4.90 Å². The van der Waals surface area contributed by atoms with Crippen LogP contribution in [-0.2, 0) is 11.3 Å². The van der Waals surface area contributed by atoms with Gasteiger partial charge in [0.2, 0.25) is 5.91 Å².